The molecule has 0 aliphatic carbocycles. The lowest BCUT2D eigenvalue weighted by molar-refractivity contribution is -0.133. The van der Waals surface area contributed by atoms with E-state index in [4.69, 9.17) is 5.73 Å². The number of nitrogens with zero attached hydrogens (tertiary/aromatic N) is 2. The summed E-state index contributed by atoms with van der Waals surface area (Å²) in [6.07, 6.45) is 0.899. The second kappa shape index (κ2) is 10.3. The second-order valence-corrected chi connectivity index (χ2v) is 6.56. The van der Waals surface area contributed by atoms with E-state index in [1.54, 1.807) is 25.2 Å². The molecule has 26 heavy (non-hydrogen) atoms. The number of carbonyl (C=O) groups is 2. The standard InChI is InChI=1S/C18H27N5O2.HI/c1-12(2)17(25)23-8-7-15(11-23)22-18(20-3)21-10-13-5-4-6-14(9-13)16(19)24;/h4-6,9,12,15H,7-8,10-11H2,1-3H3,(H2,19,24)(H2,20,21,22);1H. The molecule has 8 heteroatoms. The van der Waals surface area contributed by atoms with Gasteiger partial charge in [0.15, 0.2) is 5.96 Å². The van der Waals surface area contributed by atoms with E-state index in [9.17, 15) is 9.59 Å². The molecule has 1 aliphatic rings. The number of halogens is 1. The van der Waals surface area contributed by atoms with E-state index < -0.39 is 5.91 Å². The fourth-order valence-electron chi connectivity index (χ4n) is 2.85. The van der Waals surface area contributed by atoms with Crippen molar-refractivity contribution in [3.05, 3.63) is 35.4 Å². The number of primary amides is 1. The van der Waals surface area contributed by atoms with Crippen LogP contribution in [0.3, 0.4) is 0 Å². The summed E-state index contributed by atoms with van der Waals surface area (Å²) in [5.74, 6) is 0.447. The normalized spacial score (nSPS) is 17.0. The SMILES string of the molecule is CN=C(NCc1cccc(C(N)=O)c1)NC1CCN(C(=O)C(C)C)C1.I. The summed E-state index contributed by atoms with van der Waals surface area (Å²) in [6.45, 7) is 5.83. The number of nitrogens with one attached hydrogen (secondary N) is 2. The molecular formula is C18H28IN5O2. The van der Waals surface area contributed by atoms with E-state index in [1.165, 1.54) is 0 Å². The molecule has 0 spiro atoms. The molecule has 1 fully saturated rings. The summed E-state index contributed by atoms with van der Waals surface area (Å²) in [6, 6.07) is 7.37. The van der Waals surface area contributed by atoms with Crippen molar-refractivity contribution in [3.63, 3.8) is 0 Å². The van der Waals surface area contributed by atoms with Crippen molar-refractivity contribution in [3.8, 4) is 0 Å². The van der Waals surface area contributed by atoms with Gasteiger partial charge >= 0.3 is 0 Å². The van der Waals surface area contributed by atoms with E-state index in [1.807, 2.05) is 24.8 Å². The van der Waals surface area contributed by atoms with Gasteiger partial charge in [-0.3, -0.25) is 14.6 Å². The quantitative estimate of drug-likeness (QED) is 0.341. The van der Waals surface area contributed by atoms with Gasteiger partial charge in [-0.1, -0.05) is 26.0 Å². The maximum absolute atomic E-state index is 12.1. The number of hydrogen-bond donors (Lipinski definition) is 3. The van der Waals surface area contributed by atoms with Crippen LogP contribution < -0.4 is 16.4 Å². The molecule has 7 nitrogen and oxygen atoms in total. The van der Waals surface area contributed by atoms with E-state index in [2.05, 4.69) is 15.6 Å². The third-order valence-electron chi connectivity index (χ3n) is 4.23. The van der Waals surface area contributed by atoms with E-state index in [0.29, 0.717) is 24.6 Å². The minimum atomic E-state index is -0.440. The predicted molar refractivity (Wildman–Crippen MR) is 114 cm³/mol. The van der Waals surface area contributed by atoms with Crippen LogP contribution in [0.4, 0.5) is 0 Å². The Morgan fingerprint density at radius 3 is 2.73 bits per heavy atom. The first kappa shape index (κ1) is 22.2. The van der Waals surface area contributed by atoms with Crippen LogP contribution in [0.25, 0.3) is 0 Å². The first-order chi connectivity index (χ1) is 11.9. The van der Waals surface area contributed by atoms with Gasteiger partial charge in [0.25, 0.3) is 0 Å². The first-order valence-corrected chi connectivity index (χ1v) is 8.55. The Balaban J connectivity index is 0.00000338. The van der Waals surface area contributed by atoms with Crippen molar-refractivity contribution in [2.24, 2.45) is 16.6 Å². The van der Waals surface area contributed by atoms with Crippen molar-refractivity contribution in [2.75, 3.05) is 20.1 Å². The average Bonchev–Trinajstić information content (AvgIpc) is 3.06. The number of rotatable bonds is 5. The Kier molecular flexibility index (Phi) is 8.83. The minimum absolute atomic E-state index is 0. The Morgan fingerprint density at radius 2 is 2.12 bits per heavy atom. The van der Waals surface area contributed by atoms with Gasteiger partial charge in [0.1, 0.15) is 0 Å². The summed E-state index contributed by atoms with van der Waals surface area (Å²) < 4.78 is 0. The van der Waals surface area contributed by atoms with Crippen LogP contribution in [-0.4, -0.2) is 48.9 Å². The molecule has 1 saturated heterocycles. The molecule has 2 amide bonds. The molecule has 1 unspecified atom stereocenters. The molecule has 1 aromatic rings. The fourth-order valence-corrected chi connectivity index (χ4v) is 2.85. The number of amides is 2. The van der Waals surface area contributed by atoms with Gasteiger partial charge in [0.05, 0.1) is 0 Å². The average molecular weight is 473 g/mol. The Morgan fingerprint density at radius 1 is 1.38 bits per heavy atom. The zero-order chi connectivity index (χ0) is 18.4. The van der Waals surface area contributed by atoms with Crippen LogP contribution in [0.1, 0.15) is 36.2 Å². The van der Waals surface area contributed by atoms with Gasteiger partial charge in [-0.05, 0) is 24.1 Å². The minimum Gasteiger partial charge on any atom is -0.366 e. The molecule has 4 N–H and O–H groups in total. The van der Waals surface area contributed by atoms with E-state index in [0.717, 1.165) is 18.5 Å². The van der Waals surface area contributed by atoms with Crippen molar-refractivity contribution in [1.29, 1.82) is 0 Å². The highest BCUT2D eigenvalue weighted by molar-refractivity contribution is 14.0. The van der Waals surface area contributed by atoms with Gasteiger partial charge in [-0.25, -0.2) is 0 Å². The molecule has 0 saturated carbocycles. The molecule has 1 heterocycles. The topological polar surface area (TPSA) is 99.8 Å². The summed E-state index contributed by atoms with van der Waals surface area (Å²) >= 11 is 0. The Hall–Kier alpha value is -1.84. The summed E-state index contributed by atoms with van der Waals surface area (Å²) in [5, 5.41) is 6.58. The number of benzene rings is 1. The maximum Gasteiger partial charge on any atom is 0.248 e. The third kappa shape index (κ3) is 6.15. The Bertz CT molecular complexity index is 663. The maximum atomic E-state index is 12.1. The van der Waals surface area contributed by atoms with Crippen molar-refractivity contribution in [1.82, 2.24) is 15.5 Å². The highest BCUT2D eigenvalue weighted by Crippen LogP contribution is 2.12. The summed E-state index contributed by atoms with van der Waals surface area (Å²) in [4.78, 5) is 29.4. The van der Waals surface area contributed by atoms with Gasteiger partial charge in [0.2, 0.25) is 11.8 Å². The van der Waals surface area contributed by atoms with Crippen LogP contribution in [0, 0.1) is 5.92 Å². The van der Waals surface area contributed by atoms with E-state index in [-0.39, 0.29) is 41.8 Å². The highest BCUT2D eigenvalue weighted by atomic mass is 127. The molecule has 0 radical (unpaired) electrons. The van der Waals surface area contributed by atoms with Crippen molar-refractivity contribution in [2.45, 2.75) is 32.9 Å². The van der Waals surface area contributed by atoms with Crippen LogP contribution in [0.2, 0.25) is 0 Å². The largest absolute Gasteiger partial charge is 0.366 e. The molecule has 2 rings (SSSR count). The van der Waals surface area contributed by atoms with Crippen LogP contribution in [0.15, 0.2) is 29.3 Å². The lowest BCUT2D eigenvalue weighted by Gasteiger charge is -2.20. The van der Waals surface area contributed by atoms with Gasteiger partial charge in [-0.15, -0.1) is 24.0 Å². The lowest BCUT2D eigenvalue weighted by Crippen LogP contribution is -2.45. The van der Waals surface area contributed by atoms with Crippen LogP contribution in [-0.2, 0) is 11.3 Å². The number of guanidine groups is 1. The Labute approximate surface area is 171 Å². The number of likely N-dealkylation sites (tertiary alicyclic amines) is 1. The fraction of sp³-hybridized carbons (Fsp3) is 0.500. The summed E-state index contributed by atoms with van der Waals surface area (Å²) in [7, 11) is 1.71. The molecule has 1 aromatic carbocycles. The number of hydrogen-bond acceptors (Lipinski definition) is 3. The van der Waals surface area contributed by atoms with Gasteiger partial charge < -0.3 is 21.3 Å². The monoisotopic (exact) mass is 473 g/mol. The van der Waals surface area contributed by atoms with E-state index >= 15 is 0 Å². The second-order valence-electron chi connectivity index (χ2n) is 6.56. The van der Waals surface area contributed by atoms with Crippen LogP contribution >= 0.6 is 24.0 Å². The first-order valence-electron chi connectivity index (χ1n) is 8.55. The zero-order valence-corrected chi connectivity index (χ0v) is 17.8. The lowest BCUT2D eigenvalue weighted by atomic mass is 10.1. The number of aliphatic imine (C=N–C) groups is 1. The molecule has 144 valence electrons. The predicted octanol–water partition coefficient (Wildman–Crippen LogP) is 1.33. The highest BCUT2D eigenvalue weighted by Gasteiger charge is 2.27. The molecule has 0 bridgehead atoms. The smallest absolute Gasteiger partial charge is 0.248 e. The number of carbonyl (C=O) groups excluding carboxylic acids is 2. The van der Waals surface area contributed by atoms with Crippen molar-refractivity contribution >= 4 is 41.8 Å². The van der Waals surface area contributed by atoms with Crippen molar-refractivity contribution < 1.29 is 9.59 Å². The third-order valence-corrected chi connectivity index (χ3v) is 4.23. The molecular weight excluding hydrogens is 445 g/mol. The molecule has 0 aromatic heterocycles. The summed E-state index contributed by atoms with van der Waals surface area (Å²) in [5.41, 5.74) is 6.74. The zero-order valence-electron chi connectivity index (χ0n) is 15.5. The van der Waals surface area contributed by atoms with Gasteiger partial charge in [0, 0.05) is 44.2 Å². The van der Waals surface area contributed by atoms with Gasteiger partial charge in [-0.2, -0.15) is 0 Å². The van der Waals surface area contributed by atoms with Crippen LogP contribution in [0.5, 0.6) is 0 Å². The number of nitrogens with two attached hydrogens (primary N) is 1. The molecule has 1 atom stereocenters. The molecule has 1 aliphatic heterocycles.